The van der Waals surface area contributed by atoms with E-state index in [1.807, 2.05) is 13.8 Å². The van der Waals surface area contributed by atoms with Crippen molar-refractivity contribution in [1.82, 2.24) is 10.6 Å². The summed E-state index contributed by atoms with van der Waals surface area (Å²) >= 11 is 0. The van der Waals surface area contributed by atoms with Crippen LogP contribution in [0.5, 0.6) is 0 Å². The highest BCUT2D eigenvalue weighted by atomic mass is 19.1. The third-order valence-corrected chi connectivity index (χ3v) is 3.18. The Kier molecular flexibility index (Phi) is 6.70. The van der Waals surface area contributed by atoms with Crippen LogP contribution in [0.4, 0.5) is 4.39 Å². The summed E-state index contributed by atoms with van der Waals surface area (Å²) in [6, 6.07) is 5.80. The number of rotatable bonds is 7. The number of halogens is 1. The molecule has 0 saturated carbocycles. The molecule has 2 amide bonds. The van der Waals surface area contributed by atoms with Crippen molar-refractivity contribution in [2.45, 2.75) is 26.7 Å². The van der Waals surface area contributed by atoms with Crippen molar-refractivity contribution in [3.63, 3.8) is 0 Å². The minimum Gasteiger partial charge on any atom is -0.354 e. The van der Waals surface area contributed by atoms with Gasteiger partial charge in [-0.15, -0.1) is 0 Å². The van der Waals surface area contributed by atoms with Gasteiger partial charge in [0.25, 0.3) is 5.91 Å². The lowest BCUT2D eigenvalue weighted by Gasteiger charge is -2.13. The molecule has 1 rings (SSSR count). The van der Waals surface area contributed by atoms with Gasteiger partial charge in [-0.05, 0) is 25.0 Å². The third-order valence-electron chi connectivity index (χ3n) is 3.18. The zero-order chi connectivity index (χ0) is 15.0. The Hall–Kier alpha value is -1.91. The Morgan fingerprint density at radius 2 is 1.70 bits per heavy atom. The van der Waals surface area contributed by atoms with Gasteiger partial charge >= 0.3 is 0 Å². The molecule has 0 aliphatic heterocycles. The Morgan fingerprint density at radius 1 is 1.10 bits per heavy atom. The van der Waals surface area contributed by atoms with E-state index in [0.29, 0.717) is 6.54 Å². The Morgan fingerprint density at radius 3 is 2.30 bits per heavy atom. The number of nitrogens with one attached hydrogen (secondary N) is 2. The first-order valence-corrected chi connectivity index (χ1v) is 6.90. The predicted octanol–water partition coefficient (Wildman–Crippen LogP) is 2.11. The highest BCUT2D eigenvalue weighted by Gasteiger charge is 2.13. The Labute approximate surface area is 118 Å². The standard InChI is InChI=1S/C15H21FN2O2/c1-3-11(4-2)14(19)17-9-10-18-15(20)12-7-5-6-8-13(12)16/h5-8,11H,3-4,9-10H2,1-2H3,(H,17,19)(H,18,20). The highest BCUT2D eigenvalue weighted by Crippen LogP contribution is 2.07. The van der Waals surface area contributed by atoms with Crippen molar-refractivity contribution in [2.24, 2.45) is 5.92 Å². The van der Waals surface area contributed by atoms with Crippen LogP contribution in [0, 0.1) is 11.7 Å². The van der Waals surface area contributed by atoms with Gasteiger partial charge in [0.2, 0.25) is 5.91 Å². The molecule has 0 aliphatic rings. The minimum absolute atomic E-state index is 0.00450. The Bertz CT molecular complexity index is 459. The zero-order valence-corrected chi connectivity index (χ0v) is 11.9. The maximum Gasteiger partial charge on any atom is 0.254 e. The summed E-state index contributed by atoms with van der Waals surface area (Å²) in [5, 5.41) is 5.34. The van der Waals surface area contributed by atoms with Crippen LogP contribution in [0.25, 0.3) is 0 Å². The molecule has 5 heteroatoms. The van der Waals surface area contributed by atoms with Gasteiger partial charge in [0.15, 0.2) is 0 Å². The fourth-order valence-corrected chi connectivity index (χ4v) is 1.91. The van der Waals surface area contributed by atoms with Crippen LogP contribution in [-0.2, 0) is 4.79 Å². The molecular formula is C15H21FN2O2. The van der Waals surface area contributed by atoms with Gasteiger partial charge in [0.1, 0.15) is 5.82 Å². The first kappa shape index (κ1) is 16.1. The molecule has 0 saturated heterocycles. The van der Waals surface area contributed by atoms with Gasteiger partial charge in [-0.25, -0.2) is 4.39 Å². The van der Waals surface area contributed by atoms with Crippen molar-refractivity contribution in [1.29, 1.82) is 0 Å². The number of carbonyl (C=O) groups is 2. The topological polar surface area (TPSA) is 58.2 Å². The van der Waals surface area contributed by atoms with Gasteiger partial charge < -0.3 is 10.6 Å². The molecule has 0 heterocycles. The van der Waals surface area contributed by atoms with E-state index in [-0.39, 0.29) is 23.9 Å². The van der Waals surface area contributed by atoms with Gasteiger partial charge in [-0.1, -0.05) is 26.0 Å². The monoisotopic (exact) mass is 280 g/mol. The van der Waals surface area contributed by atoms with E-state index < -0.39 is 11.7 Å². The molecule has 0 aromatic heterocycles. The predicted molar refractivity (Wildman–Crippen MR) is 75.8 cm³/mol. The first-order chi connectivity index (χ1) is 9.60. The molecule has 4 nitrogen and oxygen atoms in total. The fourth-order valence-electron chi connectivity index (χ4n) is 1.91. The van der Waals surface area contributed by atoms with Crippen LogP contribution in [0.1, 0.15) is 37.0 Å². The first-order valence-electron chi connectivity index (χ1n) is 6.90. The quantitative estimate of drug-likeness (QED) is 0.752. The summed E-state index contributed by atoms with van der Waals surface area (Å²) in [6.07, 6.45) is 1.59. The maximum absolute atomic E-state index is 13.3. The molecule has 0 fully saturated rings. The number of benzene rings is 1. The van der Waals surface area contributed by atoms with Crippen LogP contribution in [0.2, 0.25) is 0 Å². The fraction of sp³-hybridized carbons (Fsp3) is 0.467. The Balaban J connectivity index is 2.33. The van der Waals surface area contributed by atoms with Crippen molar-refractivity contribution < 1.29 is 14.0 Å². The molecule has 110 valence electrons. The molecule has 0 unspecified atom stereocenters. The van der Waals surface area contributed by atoms with E-state index in [1.54, 1.807) is 6.07 Å². The lowest BCUT2D eigenvalue weighted by molar-refractivity contribution is -0.125. The summed E-state index contributed by atoms with van der Waals surface area (Å²) in [4.78, 5) is 23.4. The van der Waals surface area contributed by atoms with Gasteiger partial charge in [0, 0.05) is 19.0 Å². The lowest BCUT2D eigenvalue weighted by atomic mass is 10.0. The minimum atomic E-state index is -0.550. The van der Waals surface area contributed by atoms with Gasteiger partial charge in [0.05, 0.1) is 5.56 Å². The van der Waals surface area contributed by atoms with E-state index in [2.05, 4.69) is 10.6 Å². The number of carbonyl (C=O) groups excluding carboxylic acids is 2. The molecule has 0 spiro atoms. The van der Waals surface area contributed by atoms with Crippen molar-refractivity contribution in [2.75, 3.05) is 13.1 Å². The van der Waals surface area contributed by atoms with Crippen molar-refractivity contribution in [3.05, 3.63) is 35.6 Å². The third kappa shape index (κ3) is 4.64. The van der Waals surface area contributed by atoms with Crippen LogP contribution < -0.4 is 10.6 Å². The molecule has 0 atom stereocenters. The molecule has 0 aliphatic carbocycles. The molecule has 0 radical (unpaired) electrons. The molecule has 0 bridgehead atoms. The van der Waals surface area contributed by atoms with Crippen LogP contribution in [0.15, 0.2) is 24.3 Å². The average molecular weight is 280 g/mol. The molecular weight excluding hydrogens is 259 g/mol. The summed E-state index contributed by atoms with van der Waals surface area (Å²) in [6.45, 7) is 4.55. The number of hydrogen-bond acceptors (Lipinski definition) is 2. The second kappa shape index (κ2) is 8.30. The van der Waals surface area contributed by atoms with E-state index in [9.17, 15) is 14.0 Å². The van der Waals surface area contributed by atoms with Crippen LogP contribution in [0.3, 0.4) is 0 Å². The molecule has 20 heavy (non-hydrogen) atoms. The summed E-state index contributed by atoms with van der Waals surface area (Å²) in [7, 11) is 0. The molecule has 2 N–H and O–H groups in total. The molecule has 1 aromatic rings. The van der Waals surface area contributed by atoms with Crippen molar-refractivity contribution >= 4 is 11.8 Å². The summed E-state index contributed by atoms with van der Waals surface area (Å²) < 4.78 is 13.3. The van der Waals surface area contributed by atoms with Crippen LogP contribution in [-0.4, -0.2) is 24.9 Å². The number of hydrogen-bond donors (Lipinski definition) is 2. The van der Waals surface area contributed by atoms with Gasteiger partial charge in [-0.3, -0.25) is 9.59 Å². The van der Waals surface area contributed by atoms with Crippen molar-refractivity contribution in [3.8, 4) is 0 Å². The summed E-state index contributed by atoms with van der Waals surface area (Å²) in [5.74, 6) is -1.02. The van der Waals surface area contributed by atoms with Crippen LogP contribution >= 0.6 is 0 Å². The number of amides is 2. The van der Waals surface area contributed by atoms with E-state index in [4.69, 9.17) is 0 Å². The largest absolute Gasteiger partial charge is 0.354 e. The normalized spacial score (nSPS) is 10.4. The molecule has 1 aromatic carbocycles. The SMILES string of the molecule is CCC(CC)C(=O)NCCNC(=O)c1ccccc1F. The average Bonchev–Trinajstić information content (AvgIpc) is 2.45. The smallest absolute Gasteiger partial charge is 0.254 e. The van der Waals surface area contributed by atoms with Gasteiger partial charge in [-0.2, -0.15) is 0 Å². The van der Waals surface area contributed by atoms with E-state index in [1.165, 1.54) is 18.2 Å². The zero-order valence-electron chi connectivity index (χ0n) is 11.9. The van der Waals surface area contributed by atoms with E-state index in [0.717, 1.165) is 12.8 Å². The lowest BCUT2D eigenvalue weighted by Crippen LogP contribution is -2.37. The highest BCUT2D eigenvalue weighted by molar-refractivity contribution is 5.94. The maximum atomic E-state index is 13.3. The second-order valence-corrected chi connectivity index (χ2v) is 4.54. The summed E-state index contributed by atoms with van der Waals surface area (Å²) in [5.41, 5.74) is 0.0128. The second-order valence-electron chi connectivity index (χ2n) is 4.54. The van der Waals surface area contributed by atoms with E-state index >= 15 is 0 Å².